The zero-order chi connectivity index (χ0) is 27.6. The van der Waals surface area contributed by atoms with Gasteiger partial charge in [-0.3, -0.25) is 0 Å². The van der Waals surface area contributed by atoms with E-state index in [2.05, 4.69) is 46.0 Å². The van der Waals surface area contributed by atoms with Gasteiger partial charge in [-0.15, -0.1) is 5.10 Å². The van der Waals surface area contributed by atoms with E-state index in [-0.39, 0.29) is 34.4 Å². The molecule has 11 heteroatoms. The Bertz CT molecular complexity index is 1700. The van der Waals surface area contributed by atoms with E-state index in [0.717, 1.165) is 24.8 Å². The summed E-state index contributed by atoms with van der Waals surface area (Å²) in [6.45, 7) is 4.34. The minimum Gasteiger partial charge on any atom is -0.249 e. The zero-order valence-corrected chi connectivity index (χ0v) is 22.5. The molecule has 0 spiro atoms. The number of benzene rings is 1. The summed E-state index contributed by atoms with van der Waals surface area (Å²) in [7, 11) is -3.29. The van der Waals surface area contributed by atoms with Crippen LogP contribution in [0.4, 0.5) is 8.78 Å². The van der Waals surface area contributed by atoms with Gasteiger partial charge in [-0.2, -0.15) is 10.2 Å². The van der Waals surface area contributed by atoms with Crippen LogP contribution in [0.2, 0.25) is 0 Å². The molecule has 3 heterocycles. The van der Waals surface area contributed by atoms with Gasteiger partial charge in [0.15, 0.2) is 15.7 Å². The second-order valence-corrected chi connectivity index (χ2v) is 13.1. The monoisotopic (exact) mass is 548 g/mol. The lowest BCUT2D eigenvalue weighted by molar-refractivity contribution is 0.122. The lowest BCUT2D eigenvalue weighted by Crippen LogP contribution is -2.48. The first-order chi connectivity index (χ1) is 18.5. The van der Waals surface area contributed by atoms with E-state index in [1.807, 2.05) is 12.1 Å². The van der Waals surface area contributed by atoms with Crippen LogP contribution >= 0.6 is 0 Å². The summed E-state index contributed by atoms with van der Waals surface area (Å²) in [6, 6.07) is 8.74. The van der Waals surface area contributed by atoms with Crippen molar-refractivity contribution in [3.05, 3.63) is 71.7 Å². The third-order valence-corrected chi connectivity index (χ3v) is 9.12. The van der Waals surface area contributed by atoms with E-state index in [9.17, 15) is 17.2 Å². The summed E-state index contributed by atoms with van der Waals surface area (Å²) < 4.78 is 54.1. The van der Waals surface area contributed by atoms with Gasteiger partial charge in [-0.05, 0) is 54.5 Å². The number of hydrogen-bond donors (Lipinski definition) is 0. The number of rotatable bonds is 5. The Kier molecular flexibility index (Phi) is 5.80. The van der Waals surface area contributed by atoms with E-state index >= 15 is 0 Å². The molecule has 200 valence electrons. The summed E-state index contributed by atoms with van der Waals surface area (Å²) in [5, 5.41) is 13.3. The molecule has 8 nitrogen and oxygen atoms in total. The van der Waals surface area contributed by atoms with Crippen LogP contribution in [0.5, 0.6) is 0 Å². The average Bonchev–Trinajstić information content (AvgIpc) is 3.39. The Morgan fingerprint density at radius 2 is 1.85 bits per heavy atom. The topological polar surface area (TPSA) is 102 Å². The summed E-state index contributed by atoms with van der Waals surface area (Å²) in [5.41, 5.74) is 0.202. The molecule has 0 N–H and O–H groups in total. The van der Waals surface area contributed by atoms with Gasteiger partial charge in [0.1, 0.15) is 35.6 Å². The molecule has 1 aromatic carbocycles. The SMILES string of the molecule is CC1(C)[C@H]2CC[C@]1(c1cccc(-c3ncn(CS(C)(=O)=O)n3)n1)C1C#CC2/C=C(c2c(F)cccc2F)\N=N/1. The normalized spacial score (nSPS) is 28.9. The van der Waals surface area contributed by atoms with Crippen molar-refractivity contribution in [2.24, 2.45) is 27.5 Å². The van der Waals surface area contributed by atoms with Crippen LogP contribution in [0.3, 0.4) is 0 Å². The van der Waals surface area contributed by atoms with E-state index in [4.69, 9.17) is 4.98 Å². The summed E-state index contributed by atoms with van der Waals surface area (Å²) in [5.74, 6) is 5.09. The number of hydrogen-bond acceptors (Lipinski definition) is 7. The van der Waals surface area contributed by atoms with Crippen molar-refractivity contribution in [3.8, 4) is 23.4 Å². The first kappa shape index (κ1) is 25.5. The molecular weight excluding hydrogens is 522 g/mol. The van der Waals surface area contributed by atoms with Crippen LogP contribution < -0.4 is 0 Å². The summed E-state index contributed by atoms with van der Waals surface area (Å²) in [4.78, 5) is 9.26. The van der Waals surface area contributed by atoms with E-state index in [1.54, 1.807) is 12.1 Å². The molecule has 2 unspecified atom stereocenters. The number of aromatic nitrogens is 4. The first-order valence-corrected chi connectivity index (χ1v) is 14.7. The highest BCUT2D eigenvalue weighted by Gasteiger charge is 2.62. The second kappa shape index (κ2) is 8.88. The van der Waals surface area contributed by atoms with Gasteiger partial charge >= 0.3 is 0 Å². The van der Waals surface area contributed by atoms with Gasteiger partial charge in [-0.1, -0.05) is 37.8 Å². The van der Waals surface area contributed by atoms with Crippen molar-refractivity contribution in [1.82, 2.24) is 19.7 Å². The Hall–Kier alpha value is -3.78. The highest BCUT2D eigenvalue weighted by Crippen LogP contribution is 2.63. The quantitative estimate of drug-likeness (QED) is 0.426. The molecule has 2 aromatic heterocycles. The van der Waals surface area contributed by atoms with Gasteiger partial charge < -0.3 is 0 Å². The molecule has 0 saturated heterocycles. The van der Waals surface area contributed by atoms with E-state index < -0.39 is 32.9 Å². The maximum atomic E-state index is 14.7. The molecule has 1 aliphatic heterocycles. The van der Waals surface area contributed by atoms with E-state index in [1.165, 1.54) is 29.2 Å². The lowest BCUT2D eigenvalue weighted by atomic mass is 9.58. The van der Waals surface area contributed by atoms with Crippen molar-refractivity contribution >= 4 is 15.5 Å². The fraction of sp³-hybridized carbons (Fsp3) is 0.393. The Morgan fingerprint density at radius 1 is 1.10 bits per heavy atom. The zero-order valence-electron chi connectivity index (χ0n) is 21.6. The van der Waals surface area contributed by atoms with Gasteiger partial charge in [0.25, 0.3) is 0 Å². The molecule has 3 aromatic rings. The first-order valence-electron chi connectivity index (χ1n) is 12.6. The van der Waals surface area contributed by atoms with Gasteiger partial charge in [0.05, 0.1) is 22.4 Å². The molecule has 1 fully saturated rings. The molecule has 4 atom stereocenters. The fourth-order valence-corrected chi connectivity index (χ4v) is 7.12. The maximum absolute atomic E-state index is 14.7. The highest BCUT2D eigenvalue weighted by atomic mass is 32.2. The van der Waals surface area contributed by atoms with Gasteiger partial charge in [0.2, 0.25) is 0 Å². The second-order valence-electron chi connectivity index (χ2n) is 11.0. The third kappa shape index (κ3) is 4.09. The van der Waals surface area contributed by atoms with Crippen LogP contribution in [0.25, 0.3) is 17.2 Å². The Balaban J connectivity index is 1.45. The number of pyridine rings is 1. The predicted octanol–water partition coefficient (Wildman–Crippen LogP) is 4.80. The molecule has 0 radical (unpaired) electrons. The molecule has 1 saturated carbocycles. The van der Waals surface area contributed by atoms with Crippen LogP contribution in [-0.4, -0.2) is 40.5 Å². The third-order valence-electron chi connectivity index (χ3n) is 8.39. The fourth-order valence-electron chi connectivity index (χ4n) is 6.52. The van der Waals surface area contributed by atoms with Crippen molar-refractivity contribution in [3.63, 3.8) is 0 Å². The average molecular weight is 549 g/mol. The lowest BCUT2D eigenvalue weighted by Gasteiger charge is -2.45. The number of halogens is 2. The van der Waals surface area contributed by atoms with Crippen molar-refractivity contribution < 1.29 is 17.2 Å². The number of fused-ring (bicyclic) bond motifs is 6. The van der Waals surface area contributed by atoms with Gasteiger partial charge in [-0.25, -0.2) is 31.8 Å². The van der Waals surface area contributed by atoms with Gasteiger partial charge in [0, 0.05) is 12.2 Å². The number of nitrogens with zero attached hydrogens (tertiary/aromatic N) is 6. The molecular formula is C28H26F2N6O2S. The minimum absolute atomic E-state index is 0.0703. The number of allylic oxidation sites excluding steroid dienone is 1. The largest absolute Gasteiger partial charge is 0.249 e. The molecule has 3 aliphatic rings. The van der Waals surface area contributed by atoms with Crippen LogP contribution in [0.15, 0.2) is 59.0 Å². The van der Waals surface area contributed by atoms with E-state index in [0.29, 0.717) is 11.5 Å². The maximum Gasteiger partial charge on any atom is 0.199 e. The van der Waals surface area contributed by atoms with Crippen molar-refractivity contribution in [2.45, 2.75) is 44.0 Å². The predicted molar refractivity (Wildman–Crippen MR) is 141 cm³/mol. The van der Waals surface area contributed by atoms with Crippen molar-refractivity contribution in [2.75, 3.05) is 6.26 Å². The molecule has 0 amide bonds. The Morgan fingerprint density at radius 3 is 2.59 bits per heavy atom. The smallest absolute Gasteiger partial charge is 0.199 e. The molecule has 2 aliphatic carbocycles. The molecule has 39 heavy (non-hydrogen) atoms. The standard InChI is InChI=1S/C28H26F2N6O2S/c1-27(2)18-12-13-28(27,23-9-5-8-21(32-23)26-31-15-36(35-26)16-39(3,37)38)24-11-10-17(18)14-22(33-34-24)25-19(29)6-4-7-20(25)30/h4-9,14-15,17-18,24H,12-13,16H2,1-3H3/b22-14-,34-33-/t17?,18-,24?,28-/m0/s1. The summed E-state index contributed by atoms with van der Waals surface area (Å²) in [6.07, 6.45) is 5.84. The Labute approximate surface area is 225 Å². The highest BCUT2D eigenvalue weighted by molar-refractivity contribution is 7.89. The number of sulfone groups is 1. The molecule has 4 bridgehead atoms. The van der Waals surface area contributed by atoms with Crippen molar-refractivity contribution in [1.29, 1.82) is 0 Å². The van der Waals surface area contributed by atoms with Crippen LogP contribution in [0, 0.1) is 40.7 Å². The van der Waals surface area contributed by atoms with Crippen LogP contribution in [0.1, 0.15) is 37.9 Å². The number of azo groups is 1. The summed E-state index contributed by atoms with van der Waals surface area (Å²) >= 11 is 0. The molecule has 6 rings (SSSR count). The van der Waals surface area contributed by atoms with Crippen LogP contribution in [-0.2, 0) is 21.1 Å². The minimum atomic E-state index is -3.29.